The van der Waals surface area contributed by atoms with E-state index < -0.39 is 0 Å². The fraction of sp³-hybridized carbons (Fsp3) is 0.800. The largest absolute Gasteiger partial charge is 0.376 e. The molecular formula is C10H17NO. The second-order valence-electron chi connectivity index (χ2n) is 3.15. The zero-order valence-corrected chi connectivity index (χ0v) is 7.68. The normalized spacial score (nSPS) is 25.2. The van der Waals surface area contributed by atoms with Crippen LogP contribution in [0, 0.1) is 12.3 Å². The standard InChI is InChI=1S/C10H17NO/c1-3-7-11-9(4-2)10-6-5-8-12-10/h2,9-11H,3,5-8H2,1H3. The minimum absolute atomic E-state index is 0.118. The number of terminal acetylenes is 1. The van der Waals surface area contributed by atoms with Crippen LogP contribution in [0.25, 0.3) is 0 Å². The van der Waals surface area contributed by atoms with E-state index >= 15 is 0 Å². The second-order valence-corrected chi connectivity index (χ2v) is 3.15. The van der Waals surface area contributed by atoms with E-state index in [1.165, 1.54) is 0 Å². The van der Waals surface area contributed by atoms with E-state index in [1.54, 1.807) is 0 Å². The van der Waals surface area contributed by atoms with Crippen LogP contribution >= 0.6 is 0 Å². The predicted octanol–water partition coefficient (Wildman–Crippen LogP) is 1.17. The summed E-state index contributed by atoms with van der Waals surface area (Å²) in [6.07, 6.45) is 9.02. The third kappa shape index (κ3) is 2.51. The van der Waals surface area contributed by atoms with Crippen molar-refractivity contribution in [1.29, 1.82) is 0 Å². The molecule has 2 atom stereocenters. The Morgan fingerprint density at radius 2 is 2.58 bits per heavy atom. The molecule has 0 radical (unpaired) electrons. The first kappa shape index (κ1) is 9.57. The number of ether oxygens (including phenoxy) is 1. The fourth-order valence-electron chi connectivity index (χ4n) is 1.46. The summed E-state index contributed by atoms with van der Waals surface area (Å²) in [4.78, 5) is 0. The van der Waals surface area contributed by atoms with Gasteiger partial charge in [0.25, 0.3) is 0 Å². The van der Waals surface area contributed by atoms with Gasteiger partial charge in [-0.3, -0.25) is 0 Å². The fourth-order valence-corrected chi connectivity index (χ4v) is 1.46. The van der Waals surface area contributed by atoms with E-state index in [2.05, 4.69) is 18.2 Å². The Morgan fingerprint density at radius 1 is 1.75 bits per heavy atom. The number of hydrogen-bond donors (Lipinski definition) is 1. The molecule has 68 valence electrons. The van der Waals surface area contributed by atoms with Crippen LogP contribution in [0.5, 0.6) is 0 Å². The molecule has 1 heterocycles. The van der Waals surface area contributed by atoms with Crippen molar-refractivity contribution in [2.75, 3.05) is 13.2 Å². The first-order valence-corrected chi connectivity index (χ1v) is 4.69. The minimum atomic E-state index is 0.118. The van der Waals surface area contributed by atoms with Gasteiger partial charge in [-0.25, -0.2) is 0 Å². The van der Waals surface area contributed by atoms with Crippen molar-refractivity contribution in [3.63, 3.8) is 0 Å². The van der Waals surface area contributed by atoms with Crippen LogP contribution in [-0.4, -0.2) is 25.3 Å². The number of hydrogen-bond acceptors (Lipinski definition) is 2. The molecule has 1 fully saturated rings. The second kappa shape index (κ2) is 5.18. The molecule has 0 aromatic heterocycles. The monoisotopic (exact) mass is 167 g/mol. The Labute approximate surface area is 74.7 Å². The predicted molar refractivity (Wildman–Crippen MR) is 49.9 cm³/mol. The Hall–Kier alpha value is -0.520. The molecule has 0 aliphatic carbocycles. The summed E-state index contributed by atoms with van der Waals surface area (Å²) in [5.41, 5.74) is 0. The van der Waals surface area contributed by atoms with Crippen molar-refractivity contribution in [3.8, 4) is 12.3 Å². The van der Waals surface area contributed by atoms with Gasteiger partial charge in [0, 0.05) is 6.61 Å². The van der Waals surface area contributed by atoms with Gasteiger partial charge >= 0.3 is 0 Å². The number of nitrogens with one attached hydrogen (secondary N) is 1. The summed E-state index contributed by atoms with van der Waals surface area (Å²) in [5, 5.41) is 3.30. The molecule has 1 N–H and O–H groups in total. The quantitative estimate of drug-likeness (QED) is 0.635. The molecule has 1 aliphatic heterocycles. The highest BCUT2D eigenvalue weighted by Gasteiger charge is 2.23. The molecular weight excluding hydrogens is 150 g/mol. The number of rotatable bonds is 4. The van der Waals surface area contributed by atoms with Gasteiger partial charge in [0.1, 0.15) is 0 Å². The maximum absolute atomic E-state index is 5.50. The maximum atomic E-state index is 5.50. The van der Waals surface area contributed by atoms with Crippen LogP contribution in [0.1, 0.15) is 26.2 Å². The summed E-state index contributed by atoms with van der Waals surface area (Å²) in [7, 11) is 0. The van der Waals surface area contributed by atoms with E-state index in [1.807, 2.05) is 0 Å². The summed E-state index contributed by atoms with van der Waals surface area (Å²) in [6.45, 7) is 3.99. The lowest BCUT2D eigenvalue weighted by Crippen LogP contribution is -2.38. The molecule has 2 heteroatoms. The highest BCUT2D eigenvalue weighted by atomic mass is 16.5. The molecule has 2 unspecified atom stereocenters. The first-order chi connectivity index (χ1) is 5.88. The van der Waals surface area contributed by atoms with Crippen LogP contribution in [0.2, 0.25) is 0 Å². The van der Waals surface area contributed by atoms with Crippen LogP contribution in [0.4, 0.5) is 0 Å². The Kier molecular flexibility index (Phi) is 4.13. The van der Waals surface area contributed by atoms with E-state index in [0.717, 1.165) is 32.4 Å². The molecule has 12 heavy (non-hydrogen) atoms. The first-order valence-electron chi connectivity index (χ1n) is 4.69. The Bertz CT molecular complexity index is 156. The minimum Gasteiger partial charge on any atom is -0.376 e. The van der Waals surface area contributed by atoms with Crippen molar-refractivity contribution in [2.45, 2.75) is 38.3 Å². The van der Waals surface area contributed by atoms with E-state index in [9.17, 15) is 0 Å². The third-order valence-electron chi connectivity index (χ3n) is 2.13. The molecule has 0 aromatic carbocycles. The summed E-state index contributed by atoms with van der Waals surface area (Å²) < 4.78 is 5.50. The molecule has 0 bridgehead atoms. The Morgan fingerprint density at radius 3 is 3.08 bits per heavy atom. The van der Waals surface area contributed by atoms with Gasteiger partial charge < -0.3 is 10.1 Å². The molecule has 2 nitrogen and oxygen atoms in total. The topological polar surface area (TPSA) is 21.3 Å². The maximum Gasteiger partial charge on any atom is 0.0952 e. The smallest absolute Gasteiger partial charge is 0.0952 e. The average Bonchev–Trinajstić information content (AvgIpc) is 2.59. The Balaban J connectivity index is 2.29. The zero-order valence-electron chi connectivity index (χ0n) is 7.68. The van der Waals surface area contributed by atoms with Crippen LogP contribution in [0.15, 0.2) is 0 Å². The molecule has 1 aliphatic rings. The molecule has 1 saturated heterocycles. The van der Waals surface area contributed by atoms with Crippen LogP contribution in [-0.2, 0) is 4.74 Å². The van der Waals surface area contributed by atoms with Crippen LogP contribution < -0.4 is 5.32 Å². The van der Waals surface area contributed by atoms with E-state index in [0.29, 0.717) is 0 Å². The van der Waals surface area contributed by atoms with Gasteiger partial charge in [-0.15, -0.1) is 6.42 Å². The third-order valence-corrected chi connectivity index (χ3v) is 2.13. The van der Waals surface area contributed by atoms with Gasteiger partial charge in [-0.1, -0.05) is 12.8 Å². The lowest BCUT2D eigenvalue weighted by atomic mass is 10.1. The lowest BCUT2D eigenvalue weighted by Gasteiger charge is -2.18. The molecule has 1 rings (SSSR count). The van der Waals surface area contributed by atoms with Crippen molar-refractivity contribution in [3.05, 3.63) is 0 Å². The van der Waals surface area contributed by atoms with Crippen molar-refractivity contribution < 1.29 is 4.74 Å². The van der Waals surface area contributed by atoms with Gasteiger partial charge in [0.05, 0.1) is 12.1 Å². The summed E-state index contributed by atoms with van der Waals surface area (Å²) in [6, 6.07) is 0.118. The molecule has 0 aromatic rings. The highest BCUT2D eigenvalue weighted by molar-refractivity contribution is 5.03. The average molecular weight is 167 g/mol. The molecule has 0 spiro atoms. The lowest BCUT2D eigenvalue weighted by molar-refractivity contribution is 0.0940. The van der Waals surface area contributed by atoms with Crippen LogP contribution in [0.3, 0.4) is 0 Å². The highest BCUT2D eigenvalue weighted by Crippen LogP contribution is 2.15. The molecule has 0 amide bonds. The molecule has 0 saturated carbocycles. The summed E-state index contributed by atoms with van der Waals surface area (Å²) >= 11 is 0. The van der Waals surface area contributed by atoms with Crippen molar-refractivity contribution in [2.24, 2.45) is 0 Å². The SMILES string of the molecule is C#CC(NCCC)C1CCCO1. The van der Waals surface area contributed by atoms with Crippen molar-refractivity contribution >= 4 is 0 Å². The van der Waals surface area contributed by atoms with Crippen molar-refractivity contribution in [1.82, 2.24) is 5.32 Å². The van der Waals surface area contributed by atoms with E-state index in [4.69, 9.17) is 11.2 Å². The van der Waals surface area contributed by atoms with Gasteiger partial charge in [0.15, 0.2) is 0 Å². The summed E-state index contributed by atoms with van der Waals surface area (Å²) in [5.74, 6) is 2.74. The van der Waals surface area contributed by atoms with Gasteiger partial charge in [-0.2, -0.15) is 0 Å². The van der Waals surface area contributed by atoms with Gasteiger partial charge in [-0.05, 0) is 25.8 Å². The zero-order chi connectivity index (χ0) is 8.81. The van der Waals surface area contributed by atoms with E-state index in [-0.39, 0.29) is 12.1 Å². The van der Waals surface area contributed by atoms with Gasteiger partial charge in [0.2, 0.25) is 0 Å².